The first-order valence-electron chi connectivity index (χ1n) is 5.61. The molecule has 0 radical (unpaired) electrons. The number of aromatic nitrogens is 3. The van der Waals surface area contributed by atoms with Gasteiger partial charge in [-0.05, 0) is 19.9 Å². The second kappa shape index (κ2) is 4.97. The Balaban J connectivity index is 2.23. The van der Waals surface area contributed by atoms with Gasteiger partial charge in [0, 0.05) is 24.3 Å². The van der Waals surface area contributed by atoms with E-state index in [0.717, 1.165) is 12.1 Å². The predicted molar refractivity (Wildman–Crippen MR) is 64.8 cm³/mol. The van der Waals surface area contributed by atoms with Gasteiger partial charge in [-0.2, -0.15) is 5.10 Å². The fourth-order valence-corrected chi connectivity index (χ4v) is 1.52. The molecule has 2 aromatic heterocycles. The molecule has 0 aliphatic heterocycles. The van der Waals surface area contributed by atoms with E-state index in [2.05, 4.69) is 10.1 Å². The topological polar surface area (TPSA) is 66.0 Å². The van der Waals surface area contributed by atoms with E-state index in [1.807, 2.05) is 32.2 Å². The Morgan fingerprint density at radius 1 is 1.53 bits per heavy atom. The van der Waals surface area contributed by atoms with E-state index in [4.69, 9.17) is 10.5 Å². The molecule has 17 heavy (non-hydrogen) atoms. The average molecular weight is 232 g/mol. The van der Waals surface area contributed by atoms with Crippen LogP contribution in [0.2, 0.25) is 0 Å². The van der Waals surface area contributed by atoms with Crippen LogP contribution in [0.3, 0.4) is 0 Å². The summed E-state index contributed by atoms with van der Waals surface area (Å²) in [7, 11) is 0. The van der Waals surface area contributed by atoms with Gasteiger partial charge in [-0.3, -0.25) is 4.68 Å². The molecule has 2 rings (SSSR count). The van der Waals surface area contributed by atoms with Gasteiger partial charge in [0.15, 0.2) is 5.75 Å². The van der Waals surface area contributed by atoms with Gasteiger partial charge in [0.2, 0.25) is 5.88 Å². The van der Waals surface area contributed by atoms with E-state index in [-0.39, 0.29) is 6.04 Å². The van der Waals surface area contributed by atoms with Crippen LogP contribution in [0.25, 0.3) is 0 Å². The lowest BCUT2D eigenvalue weighted by Crippen LogP contribution is -2.07. The number of aryl methyl sites for hydroxylation is 1. The lowest BCUT2D eigenvalue weighted by Gasteiger charge is -2.10. The third-order valence-electron chi connectivity index (χ3n) is 2.44. The monoisotopic (exact) mass is 232 g/mol. The molecule has 0 aromatic carbocycles. The Kier molecular flexibility index (Phi) is 3.39. The Hall–Kier alpha value is -1.88. The van der Waals surface area contributed by atoms with Gasteiger partial charge in [-0.1, -0.05) is 6.07 Å². The highest BCUT2D eigenvalue weighted by atomic mass is 16.5. The SMILES string of the molecule is CCn1cc(Oc2ncccc2[C@@H](C)N)cn1. The summed E-state index contributed by atoms with van der Waals surface area (Å²) in [5.41, 5.74) is 6.74. The van der Waals surface area contributed by atoms with E-state index in [1.165, 1.54) is 0 Å². The van der Waals surface area contributed by atoms with Crippen LogP contribution in [0.4, 0.5) is 0 Å². The van der Waals surface area contributed by atoms with Crippen molar-refractivity contribution >= 4 is 0 Å². The third-order valence-corrected chi connectivity index (χ3v) is 2.44. The molecule has 0 aliphatic carbocycles. The molecule has 5 nitrogen and oxygen atoms in total. The Morgan fingerprint density at radius 3 is 3.00 bits per heavy atom. The van der Waals surface area contributed by atoms with Gasteiger partial charge in [-0.25, -0.2) is 4.98 Å². The molecule has 0 saturated heterocycles. The molecule has 0 aliphatic rings. The molecule has 2 N–H and O–H groups in total. The lowest BCUT2D eigenvalue weighted by molar-refractivity contribution is 0.451. The normalized spacial score (nSPS) is 12.4. The lowest BCUT2D eigenvalue weighted by atomic mass is 10.1. The second-order valence-corrected chi connectivity index (χ2v) is 3.82. The van der Waals surface area contributed by atoms with Gasteiger partial charge >= 0.3 is 0 Å². The Morgan fingerprint density at radius 2 is 2.35 bits per heavy atom. The van der Waals surface area contributed by atoms with Crippen molar-refractivity contribution in [2.75, 3.05) is 0 Å². The van der Waals surface area contributed by atoms with E-state index in [9.17, 15) is 0 Å². The summed E-state index contributed by atoms with van der Waals surface area (Å²) in [6, 6.07) is 3.65. The molecule has 0 saturated carbocycles. The van der Waals surface area contributed by atoms with Crippen molar-refractivity contribution in [2.24, 2.45) is 5.73 Å². The largest absolute Gasteiger partial charge is 0.435 e. The summed E-state index contributed by atoms with van der Waals surface area (Å²) in [4.78, 5) is 4.19. The zero-order valence-electron chi connectivity index (χ0n) is 10.00. The highest BCUT2D eigenvalue weighted by molar-refractivity contribution is 5.32. The highest BCUT2D eigenvalue weighted by Gasteiger charge is 2.10. The first kappa shape index (κ1) is 11.6. The summed E-state index contributed by atoms with van der Waals surface area (Å²) in [5.74, 6) is 1.21. The zero-order chi connectivity index (χ0) is 12.3. The maximum Gasteiger partial charge on any atom is 0.224 e. The van der Waals surface area contributed by atoms with Crippen LogP contribution in [0, 0.1) is 0 Å². The van der Waals surface area contributed by atoms with E-state index in [0.29, 0.717) is 11.6 Å². The van der Waals surface area contributed by atoms with E-state index < -0.39 is 0 Å². The molecule has 1 atom stereocenters. The van der Waals surface area contributed by atoms with E-state index >= 15 is 0 Å². The first-order chi connectivity index (χ1) is 8.20. The summed E-state index contributed by atoms with van der Waals surface area (Å²) in [6.07, 6.45) is 5.19. The van der Waals surface area contributed by atoms with Crippen molar-refractivity contribution in [1.29, 1.82) is 0 Å². The van der Waals surface area contributed by atoms with Crippen LogP contribution in [0.15, 0.2) is 30.7 Å². The summed E-state index contributed by atoms with van der Waals surface area (Å²) in [5, 5.41) is 4.14. The Labute approximate surface area is 100 Å². The predicted octanol–water partition coefficient (Wildman–Crippen LogP) is 2.11. The number of nitrogens with zero attached hydrogens (tertiary/aromatic N) is 3. The molecule has 0 amide bonds. The summed E-state index contributed by atoms with van der Waals surface area (Å²) in [6.45, 7) is 4.73. The van der Waals surface area contributed by atoms with Gasteiger partial charge in [-0.15, -0.1) is 0 Å². The van der Waals surface area contributed by atoms with Gasteiger partial charge in [0.25, 0.3) is 0 Å². The first-order valence-corrected chi connectivity index (χ1v) is 5.61. The fraction of sp³-hybridized carbons (Fsp3) is 0.333. The number of pyridine rings is 1. The Bertz CT molecular complexity index is 493. The van der Waals surface area contributed by atoms with Crippen LogP contribution in [-0.2, 0) is 6.54 Å². The molecule has 2 heterocycles. The maximum atomic E-state index is 5.86. The van der Waals surface area contributed by atoms with Gasteiger partial charge < -0.3 is 10.5 Å². The molecule has 0 spiro atoms. The molecule has 90 valence electrons. The van der Waals surface area contributed by atoms with Gasteiger partial charge in [0.1, 0.15) is 0 Å². The average Bonchev–Trinajstić information content (AvgIpc) is 2.77. The fourth-order valence-electron chi connectivity index (χ4n) is 1.52. The van der Waals surface area contributed by atoms with Crippen LogP contribution >= 0.6 is 0 Å². The number of hydrogen-bond donors (Lipinski definition) is 1. The molecule has 0 bridgehead atoms. The quantitative estimate of drug-likeness (QED) is 0.876. The minimum Gasteiger partial charge on any atom is -0.435 e. The van der Waals surface area contributed by atoms with Crippen molar-refractivity contribution in [3.63, 3.8) is 0 Å². The number of hydrogen-bond acceptors (Lipinski definition) is 4. The molecule has 5 heteroatoms. The number of ether oxygens (including phenoxy) is 1. The standard InChI is InChI=1S/C12H16N4O/c1-3-16-8-10(7-15-16)17-12-11(9(2)13)5-4-6-14-12/h4-9H,3,13H2,1-2H3/t9-/m1/s1. The summed E-state index contributed by atoms with van der Waals surface area (Å²) < 4.78 is 7.47. The molecule has 0 unspecified atom stereocenters. The maximum absolute atomic E-state index is 5.86. The van der Waals surface area contributed by atoms with Crippen LogP contribution in [0.1, 0.15) is 25.5 Å². The van der Waals surface area contributed by atoms with Crippen molar-refractivity contribution in [3.8, 4) is 11.6 Å². The minimum atomic E-state index is -0.111. The van der Waals surface area contributed by atoms with Crippen LogP contribution in [-0.4, -0.2) is 14.8 Å². The van der Waals surface area contributed by atoms with Crippen LogP contribution in [0.5, 0.6) is 11.6 Å². The van der Waals surface area contributed by atoms with Crippen molar-refractivity contribution in [1.82, 2.24) is 14.8 Å². The molecular weight excluding hydrogens is 216 g/mol. The third kappa shape index (κ3) is 2.62. The van der Waals surface area contributed by atoms with Crippen molar-refractivity contribution in [3.05, 3.63) is 36.3 Å². The van der Waals surface area contributed by atoms with Crippen molar-refractivity contribution < 1.29 is 4.74 Å². The molecule has 2 aromatic rings. The zero-order valence-corrected chi connectivity index (χ0v) is 10.00. The van der Waals surface area contributed by atoms with E-state index in [1.54, 1.807) is 17.1 Å². The smallest absolute Gasteiger partial charge is 0.224 e. The van der Waals surface area contributed by atoms with Gasteiger partial charge in [0.05, 0.1) is 12.4 Å². The van der Waals surface area contributed by atoms with Crippen molar-refractivity contribution in [2.45, 2.75) is 26.4 Å². The second-order valence-electron chi connectivity index (χ2n) is 3.82. The van der Waals surface area contributed by atoms with Crippen LogP contribution < -0.4 is 10.5 Å². The molecule has 0 fully saturated rings. The highest BCUT2D eigenvalue weighted by Crippen LogP contribution is 2.25. The minimum absolute atomic E-state index is 0.111. The number of nitrogens with two attached hydrogens (primary N) is 1. The molecular formula is C12H16N4O. The number of rotatable bonds is 4. The summed E-state index contributed by atoms with van der Waals surface area (Å²) >= 11 is 0.